The van der Waals surface area contributed by atoms with Gasteiger partial charge in [-0.1, -0.05) is 0 Å². The molecule has 2 aromatic rings. The first kappa shape index (κ1) is 9.58. The zero-order valence-corrected chi connectivity index (χ0v) is 8.73. The van der Waals surface area contributed by atoms with Crippen LogP contribution >= 0.6 is 0 Å². The third-order valence-electron chi connectivity index (χ3n) is 2.22. The largest absolute Gasteiger partial charge is 0.345 e. The molecule has 0 atom stereocenters. The van der Waals surface area contributed by atoms with E-state index < -0.39 is 0 Å². The molecule has 0 aliphatic rings. The van der Waals surface area contributed by atoms with Crippen molar-refractivity contribution in [1.82, 2.24) is 9.97 Å². The van der Waals surface area contributed by atoms with Gasteiger partial charge in [0.2, 0.25) is 0 Å². The summed E-state index contributed by atoms with van der Waals surface area (Å²) in [6.45, 7) is 0. The van der Waals surface area contributed by atoms with Gasteiger partial charge in [0.15, 0.2) is 0 Å². The summed E-state index contributed by atoms with van der Waals surface area (Å²) in [5.41, 5.74) is 2.76. The standard InChI is InChI=1S/C11H12N4/c1-12-7-10(13-2)9-6-15-11-8(9)4-3-5-14-11/h3-7H,1-2H3,(H,14,15)/b12-7-,13-10+. The second kappa shape index (κ2) is 4.04. The van der Waals surface area contributed by atoms with Crippen LogP contribution in [0.25, 0.3) is 11.0 Å². The highest BCUT2D eigenvalue weighted by molar-refractivity contribution is 6.40. The predicted molar refractivity (Wildman–Crippen MR) is 63.0 cm³/mol. The Bertz CT molecular complexity index is 522. The van der Waals surface area contributed by atoms with Crippen LogP contribution in [0.5, 0.6) is 0 Å². The second-order valence-electron chi connectivity index (χ2n) is 3.10. The molecule has 1 N–H and O–H groups in total. The molecule has 0 aromatic carbocycles. The molecule has 0 aliphatic carbocycles. The quantitative estimate of drug-likeness (QED) is 0.737. The summed E-state index contributed by atoms with van der Waals surface area (Å²) in [5.74, 6) is 0. The van der Waals surface area contributed by atoms with E-state index >= 15 is 0 Å². The minimum atomic E-state index is 0.858. The Morgan fingerprint density at radius 3 is 3.07 bits per heavy atom. The van der Waals surface area contributed by atoms with Crippen molar-refractivity contribution < 1.29 is 0 Å². The fourth-order valence-corrected chi connectivity index (χ4v) is 1.54. The topological polar surface area (TPSA) is 53.4 Å². The fourth-order valence-electron chi connectivity index (χ4n) is 1.54. The molecule has 2 aromatic heterocycles. The van der Waals surface area contributed by atoms with Crippen LogP contribution in [0.3, 0.4) is 0 Å². The van der Waals surface area contributed by atoms with Gasteiger partial charge in [-0.05, 0) is 12.1 Å². The number of aromatic nitrogens is 2. The van der Waals surface area contributed by atoms with Gasteiger partial charge in [0.05, 0.1) is 5.71 Å². The first-order chi connectivity index (χ1) is 7.36. The molecule has 0 unspecified atom stereocenters. The van der Waals surface area contributed by atoms with Crippen LogP contribution in [-0.4, -0.2) is 36.0 Å². The van der Waals surface area contributed by atoms with E-state index in [-0.39, 0.29) is 0 Å². The van der Waals surface area contributed by atoms with Crippen molar-refractivity contribution in [2.24, 2.45) is 9.98 Å². The molecule has 4 nitrogen and oxygen atoms in total. The number of rotatable bonds is 2. The molecule has 76 valence electrons. The molecule has 0 spiro atoms. The highest BCUT2D eigenvalue weighted by atomic mass is 14.8. The summed E-state index contributed by atoms with van der Waals surface area (Å²) in [5, 5.41) is 1.07. The van der Waals surface area contributed by atoms with Crippen LogP contribution in [0.2, 0.25) is 0 Å². The first-order valence-electron chi connectivity index (χ1n) is 4.68. The van der Waals surface area contributed by atoms with E-state index in [0.29, 0.717) is 0 Å². The predicted octanol–water partition coefficient (Wildman–Crippen LogP) is 1.68. The van der Waals surface area contributed by atoms with Gasteiger partial charge >= 0.3 is 0 Å². The Morgan fingerprint density at radius 2 is 2.33 bits per heavy atom. The van der Waals surface area contributed by atoms with Gasteiger partial charge in [-0.25, -0.2) is 4.98 Å². The van der Waals surface area contributed by atoms with Crippen LogP contribution in [0.15, 0.2) is 34.5 Å². The lowest BCUT2D eigenvalue weighted by molar-refractivity contribution is 1.32. The van der Waals surface area contributed by atoms with Crippen molar-refractivity contribution in [2.75, 3.05) is 14.1 Å². The van der Waals surface area contributed by atoms with Crippen LogP contribution in [-0.2, 0) is 0 Å². The maximum Gasteiger partial charge on any atom is 0.137 e. The summed E-state index contributed by atoms with van der Waals surface area (Å²) < 4.78 is 0. The molecule has 0 fully saturated rings. The number of H-pyrrole nitrogens is 1. The normalized spacial score (nSPS) is 12.8. The molecular weight excluding hydrogens is 188 g/mol. The lowest BCUT2D eigenvalue weighted by atomic mass is 10.1. The smallest absolute Gasteiger partial charge is 0.137 e. The zero-order valence-electron chi connectivity index (χ0n) is 8.73. The van der Waals surface area contributed by atoms with Gasteiger partial charge in [0.1, 0.15) is 5.65 Å². The molecule has 2 heterocycles. The third kappa shape index (κ3) is 1.66. The van der Waals surface area contributed by atoms with E-state index in [4.69, 9.17) is 0 Å². The maximum atomic E-state index is 4.22. The average molecular weight is 200 g/mol. The van der Waals surface area contributed by atoms with Crippen molar-refractivity contribution in [3.05, 3.63) is 30.1 Å². The van der Waals surface area contributed by atoms with E-state index in [1.54, 1.807) is 26.5 Å². The number of nitrogens with zero attached hydrogens (tertiary/aromatic N) is 3. The second-order valence-corrected chi connectivity index (χ2v) is 3.10. The van der Waals surface area contributed by atoms with Gasteiger partial charge in [-0.2, -0.15) is 0 Å². The number of aliphatic imine (C=N–C) groups is 2. The van der Waals surface area contributed by atoms with Crippen molar-refractivity contribution in [3.63, 3.8) is 0 Å². The van der Waals surface area contributed by atoms with Crippen LogP contribution < -0.4 is 0 Å². The lowest BCUT2D eigenvalue weighted by Crippen LogP contribution is -2.01. The minimum Gasteiger partial charge on any atom is -0.345 e. The van der Waals surface area contributed by atoms with Gasteiger partial charge < -0.3 is 4.98 Å². The lowest BCUT2D eigenvalue weighted by Gasteiger charge is -1.96. The molecule has 0 aliphatic heterocycles. The number of hydrogen-bond donors (Lipinski definition) is 1. The monoisotopic (exact) mass is 200 g/mol. The van der Waals surface area contributed by atoms with Gasteiger partial charge in [-0.15, -0.1) is 0 Å². The molecule has 15 heavy (non-hydrogen) atoms. The summed E-state index contributed by atoms with van der Waals surface area (Å²) in [6.07, 6.45) is 5.41. The molecule has 0 bridgehead atoms. The van der Waals surface area contributed by atoms with Crippen molar-refractivity contribution in [3.8, 4) is 0 Å². The fraction of sp³-hybridized carbons (Fsp3) is 0.182. The first-order valence-corrected chi connectivity index (χ1v) is 4.68. The Labute approximate surface area is 87.8 Å². The number of aromatic amines is 1. The molecule has 4 heteroatoms. The van der Waals surface area contributed by atoms with Gasteiger partial charge in [0.25, 0.3) is 0 Å². The summed E-state index contributed by atoms with van der Waals surface area (Å²) in [7, 11) is 3.49. The van der Waals surface area contributed by atoms with Crippen molar-refractivity contribution in [1.29, 1.82) is 0 Å². The zero-order chi connectivity index (χ0) is 10.7. The van der Waals surface area contributed by atoms with E-state index in [0.717, 1.165) is 22.3 Å². The third-order valence-corrected chi connectivity index (χ3v) is 2.22. The maximum absolute atomic E-state index is 4.22. The van der Waals surface area contributed by atoms with E-state index in [1.165, 1.54) is 0 Å². The minimum absolute atomic E-state index is 0.858. The van der Waals surface area contributed by atoms with E-state index in [9.17, 15) is 0 Å². The van der Waals surface area contributed by atoms with Gasteiger partial charge in [-0.3, -0.25) is 9.98 Å². The SMILES string of the molecule is C/N=C\C(=N/C)c1c[nH]c2ncccc12. The van der Waals surface area contributed by atoms with Crippen LogP contribution in [0, 0.1) is 0 Å². The van der Waals surface area contributed by atoms with Gasteiger partial charge in [0, 0.05) is 43.7 Å². The van der Waals surface area contributed by atoms with Crippen molar-refractivity contribution in [2.45, 2.75) is 0 Å². The summed E-state index contributed by atoms with van der Waals surface area (Å²) in [6, 6.07) is 3.93. The van der Waals surface area contributed by atoms with Crippen LogP contribution in [0.1, 0.15) is 5.56 Å². The van der Waals surface area contributed by atoms with E-state index in [1.807, 2.05) is 18.3 Å². The Hall–Kier alpha value is -1.97. The molecule has 0 saturated heterocycles. The number of pyridine rings is 1. The summed E-state index contributed by atoms with van der Waals surface area (Å²) in [4.78, 5) is 15.5. The molecule has 0 radical (unpaired) electrons. The molecule has 0 amide bonds. The van der Waals surface area contributed by atoms with Crippen molar-refractivity contribution >= 4 is 23.0 Å². The Balaban J connectivity index is 2.61. The highest BCUT2D eigenvalue weighted by Gasteiger charge is 2.07. The van der Waals surface area contributed by atoms with Crippen LogP contribution in [0.4, 0.5) is 0 Å². The molecule has 0 saturated carbocycles. The van der Waals surface area contributed by atoms with E-state index in [2.05, 4.69) is 20.0 Å². The summed E-state index contributed by atoms with van der Waals surface area (Å²) >= 11 is 0. The molecular formula is C11H12N4. The average Bonchev–Trinajstić information content (AvgIpc) is 2.70. The number of hydrogen-bond acceptors (Lipinski definition) is 3. The Morgan fingerprint density at radius 1 is 1.47 bits per heavy atom. The number of nitrogens with one attached hydrogen (secondary N) is 1. The molecule has 2 rings (SSSR count). The Kier molecular flexibility index (Phi) is 2.58. The number of fused-ring (bicyclic) bond motifs is 1. The highest BCUT2D eigenvalue weighted by Crippen LogP contribution is 2.15.